The second-order valence-electron chi connectivity index (χ2n) is 3.81. The normalized spacial score (nSPS) is 8.70. The molecule has 0 amide bonds. The van der Waals surface area contributed by atoms with Gasteiger partial charge in [0.25, 0.3) is 0 Å². The van der Waals surface area contributed by atoms with Gasteiger partial charge in [0.05, 0.1) is 22.3 Å². The zero-order valence-corrected chi connectivity index (χ0v) is 10.6. The van der Waals surface area contributed by atoms with Crippen molar-refractivity contribution in [2.24, 2.45) is 0 Å². The first-order valence-corrected chi connectivity index (χ1v) is 5.30. The monoisotopic (exact) mass is 262 g/mol. The number of carbonyl (C=O) groups excluding carboxylic acids is 2. The van der Waals surface area contributed by atoms with Crippen LogP contribution in [0.3, 0.4) is 0 Å². The summed E-state index contributed by atoms with van der Waals surface area (Å²) in [6.07, 6.45) is 0. The molecule has 0 saturated heterocycles. The number of rotatable bonds is 2. The molecule has 0 radical (unpaired) electrons. The van der Waals surface area contributed by atoms with Gasteiger partial charge < -0.3 is 0 Å². The zero-order chi connectivity index (χ0) is 15.4. The van der Waals surface area contributed by atoms with E-state index in [4.69, 9.17) is 21.0 Å². The van der Waals surface area contributed by atoms with Crippen molar-refractivity contribution < 1.29 is 9.59 Å². The van der Waals surface area contributed by atoms with E-state index >= 15 is 0 Å². The van der Waals surface area contributed by atoms with Crippen LogP contribution in [0.4, 0.5) is 0 Å². The maximum Gasteiger partial charge on any atom is 0.161 e. The molecule has 0 aromatic heterocycles. The lowest BCUT2D eigenvalue weighted by Gasteiger charge is -2.11. The maximum absolute atomic E-state index is 11.7. The van der Waals surface area contributed by atoms with Crippen LogP contribution in [0.5, 0.6) is 0 Å². The quantitative estimate of drug-likeness (QED) is 0.743. The highest BCUT2D eigenvalue weighted by molar-refractivity contribution is 6.11. The molecule has 1 rings (SSSR count). The van der Waals surface area contributed by atoms with Crippen molar-refractivity contribution in [2.75, 3.05) is 0 Å². The third-order valence-electron chi connectivity index (χ3n) is 2.65. The van der Waals surface area contributed by atoms with E-state index in [-0.39, 0.29) is 33.4 Å². The Hall–Kier alpha value is -3.48. The molecule has 0 aliphatic heterocycles. The van der Waals surface area contributed by atoms with Gasteiger partial charge in [0.1, 0.15) is 24.3 Å². The largest absolute Gasteiger partial charge is 0.294 e. The van der Waals surface area contributed by atoms with E-state index < -0.39 is 11.6 Å². The van der Waals surface area contributed by atoms with Gasteiger partial charge in [0.15, 0.2) is 11.6 Å². The van der Waals surface area contributed by atoms with E-state index in [0.717, 1.165) is 13.8 Å². The number of ketones is 2. The van der Waals surface area contributed by atoms with E-state index in [2.05, 4.69) is 0 Å². The van der Waals surface area contributed by atoms with Crippen LogP contribution in [-0.4, -0.2) is 11.6 Å². The average Bonchev–Trinajstić information content (AvgIpc) is 2.42. The molecule has 0 heterocycles. The Morgan fingerprint density at radius 3 is 1.05 bits per heavy atom. The summed E-state index contributed by atoms with van der Waals surface area (Å²) in [6, 6.07) is 6.61. The molecule has 94 valence electrons. The van der Waals surface area contributed by atoms with Gasteiger partial charge in [-0.15, -0.1) is 0 Å². The molecule has 1 aromatic rings. The maximum atomic E-state index is 11.7. The minimum absolute atomic E-state index is 0.285. The number of nitrogens with zero attached hydrogens (tertiary/aromatic N) is 4. The number of carbonyl (C=O) groups is 2. The van der Waals surface area contributed by atoms with Gasteiger partial charge in [-0.25, -0.2) is 0 Å². The van der Waals surface area contributed by atoms with Gasteiger partial charge in [0, 0.05) is 11.1 Å². The van der Waals surface area contributed by atoms with E-state index in [0.29, 0.717) is 0 Å². The summed E-state index contributed by atoms with van der Waals surface area (Å²) in [6.45, 7) is 2.24. The van der Waals surface area contributed by atoms with Crippen LogP contribution in [0, 0.1) is 45.3 Å². The second kappa shape index (κ2) is 5.44. The van der Waals surface area contributed by atoms with Crippen molar-refractivity contribution in [3.63, 3.8) is 0 Å². The highest BCUT2D eigenvalue weighted by Gasteiger charge is 2.28. The Kier molecular flexibility index (Phi) is 3.97. The van der Waals surface area contributed by atoms with E-state index in [1.54, 1.807) is 24.3 Å². The molecule has 0 atom stereocenters. The van der Waals surface area contributed by atoms with Crippen molar-refractivity contribution >= 4 is 11.6 Å². The molecule has 0 N–H and O–H groups in total. The van der Waals surface area contributed by atoms with Crippen LogP contribution < -0.4 is 0 Å². The number of Topliss-reactive ketones (excluding diaryl/α,β-unsaturated/α-hetero) is 2. The van der Waals surface area contributed by atoms with Crippen LogP contribution in [0.1, 0.15) is 56.8 Å². The third-order valence-corrected chi connectivity index (χ3v) is 2.65. The Labute approximate surface area is 114 Å². The Bertz CT molecular complexity index is 739. The van der Waals surface area contributed by atoms with Crippen LogP contribution in [0.15, 0.2) is 0 Å². The summed E-state index contributed by atoms with van der Waals surface area (Å²) in [5.74, 6) is -1.24. The van der Waals surface area contributed by atoms with Crippen molar-refractivity contribution in [3.8, 4) is 24.3 Å². The highest BCUT2D eigenvalue weighted by atomic mass is 16.1. The number of hydrogen-bond donors (Lipinski definition) is 0. The van der Waals surface area contributed by atoms with Crippen LogP contribution in [0.2, 0.25) is 0 Å². The summed E-state index contributed by atoms with van der Waals surface area (Å²) in [7, 11) is 0. The van der Waals surface area contributed by atoms with Gasteiger partial charge in [-0.2, -0.15) is 21.0 Å². The van der Waals surface area contributed by atoms with Crippen LogP contribution in [-0.2, 0) is 0 Å². The van der Waals surface area contributed by atoms with Gasteiger partial charge in [-0.05, 0) is 13.8 Å². The summed E-state index contributed by atoms with van der Waals surface area (Å²) in [5, 5.41) is 36.3. The number of benzene rings is 1. The fraction of sp³-hybridized carbons (Fsp3) is 0.143. The molecule has 0 bridgehead atoms. The lowest BCUT2D eigenvalue weighted by atomic mass is 9.85. The van der Waals surface area contributed by atoms with Crippen molar-refractivity contribution in [2.45, 2.75) is 13.8 Å². The molecule has 0 spiro atoms. The summed E-state index contributed by atoms with van der Waals surface area (Å²) < 4.78 is 0. The summed E-state index contributed by atoms with van der Waals surface area (Å²) >= 11 is 0. The Balaban J connectivity index is 4.28. The first-order valence-electron chi connectivity index (χ1n) is 5.30. The molecule has 6 heteroatoms. The summed E-state index contributed by atoms with van der Waals surface area (Å²) in [4.78, 5) is 23.4. The minimum atomic E-state index is -0.621. The topological polar surface area (TPSA) is 129 Å². The Morgan fingerprint density at radius 2 is 0.900 bits per heavy atom. The standard InChI is InChI=1S/C14H6N4O2/c1-7(19)13-11(5-17)9(3-15)10(4-16)12(6-18)14(13)8(2)20/h1-2H3. The van der Waals surface area contributed by atoms with Crippen LogP contribution >= 0.6 is 0 Å². The predicted molar refractivity (Wildman–Crippen MR) is 65.3 cm³/mol. The van der Waals surface area contributed by atoms with E-state index in [1.165, 1.54) is 0 Å². The van der Waals surface area contributed by atoms with E-state index in [9.17, 15) is 9.59 Å². The first-order chi connectivity index (χ1) is 9.44. The molecule has 0 aliphatic carbocycles. The lowest BCUT2D eigenvalue weighted by molar-refractivity contribution is 0.0980. The minimum Gasteiger partial charge on any atom is -0.294 e. The SMILES string of the molecule is CC(=O)c1c(C#N)c(C#N)c(C#N)c(C#N)c1C(C)=O. The van der Waals surface area contributed by atoms with Crippen LogP contribution in [0.25, 0.3) is 0 Å². The second-order valence-corrected chi connectivity index (χ2v) is 3.81. The number of nitriles is 4. The van der Waals surface area contributed by atoms with Gasteiger partial charge in [0.2, 0.25) is 0 Å². The lowest BCUT2D eigenvalue weighted by Crippen LogP contribution is -2.14. The van der Waals surface area contributed by atoms with Gasteiger partial charge in [-0.1, -0.05) is 0 Å². The first kappa shape index (κ1) is 14.6. The smallest absolute Gasteiger partial charge is 0.161 e. The summed E-state index contributed by atoms with van der Waals surface area (Å²) in [5.41, 5.74) is -1.98. The van der Waals surface area contributed by atoms with Crippen molar-refractivity contribution in [1.29, 1.82) is 21.0 Å². The van der Waals surface area contributed by atoms with E-state index in [1.807, 2.05) is 0 Å². The highest BCUT2D eigenvalue weighted by Crippen LogP contribution is 2.28. The fourth-order valence-corrected chi connectivity index (χ4v) is 1.90. The zero-order valence-electron chi connectivity index (χ0n) is 10.6. The molecule has 20 heavy (non-hydrogen) atoms. The predicted octanol–water partition coefficient (Wildman–Crippen LogP) is 1.58. The van der Waals surface area contributed by atoms with Gasteiger partial charge in [-0.3, -0.25) is 9.59 Å². The third kappa shape index (κ3) is 1.99. The fourth-order valence-electron chi connectivity index (χ4n) is 1.90. The van der Waals surface area contributed by atoms with Gasteiger partial charge >= 0.3 is 0 Å². The molecule has 1 aromatic carbocycles. The molecular weight excluding hydrogens is 256 g/mol. The molecule has 0 aliphatic rings. The molecule has 0 unspecified atom stereocenters. The molecule has 0 fully saturated rings. The molecule has 6 nitrogen and oxygen atoms in total. The number of hydrogen-bond acceptors (Lipinski definition) is 6. The Morgan fingerprint density at radius 1 is 0.650 bits per heavy atom. The molecule has 0 saturated carbocycles. The van der Waals surface area contributed by atoms with Crippen molar-refractivity contribution in [1.82, 2.24) is 0 Å². The average molecular weight is 262 g/mol. The molecular formula is C14H6N4O2. The van der Waals surface area contributed by atoms with Crippen molar-refractivity contribution in [3.05, 3.63) is 33.4 Å².